The lowest BCUT2D eigenvalue weighted by molar-refractivity contribution is -0.116. The molecule has 0 unspecified atom stereocenters. The fourth-order valence-corrected chi connectivity index (χ4v) is 2.26. The Morgan fingerprint density at radius 1 is 1.12 bits per heavy atom. The Morgan fingerprint density at radius 3 is 2.64 bits per heavy atom. The average Bonchev–Trinajstić information content (AvgIpc) is 2.65. The van der Waals surface area contributed by atoms with Gasteiger partial charge in [0.15, 0.2) is 0 Å². The Balaban J connectivity index is 1.58. The normalized spacial score (nSPS) is 11.0. The summed E-state index contributed by atoms with van der Waals surface area (Å²) < 4.78 is 0. The predicted octanol–water partition coefficient (Wildman–Crippen LogP) is 2.42. The van der Waals surface area contributed by atoms with Crippen LogP contribution in [-0.4, -0.2) is 35.0 Å². The molecule has 0 atom stereocenters. The zero-order chi connectivity index (χ0) is 17.6. The van der Waals surface area contributed by atoms with Crippen molar-refractivity contribution in [3.63, 3.8) is 0 Å². The van der Waals surface area contributed by atoms with E-state index in [1.165, 1.54) is 6.08 Å². The number of carbonyl (C=O) groups excluding carboxylic acids is 1. The summed E-state index contributed by atoms with van der Waals surface area (Å²) in [6.45, 7) is 0.379. The number of aromatic nitrogens is 3. The Bertz CT molecular complexity index is 903. The highest BCUT2D eigenvalue weighted by atomic mass is 16.1. The minimum Gasteiger partial charge on any atom is -0.347 e. The van der Waals surface area contributed by atoms with E-state index in [0.29, 0.717) is 12.5 Å². The largest absolute Gasteiger partial charge is 0.347 e. The van der Waals surface area contributed by atoms with Crippen molar-refractivity contribution in [3.8, 4) is 0 Å². The lowest BCUT2D eigenvalue weighted by Crippen LogP contribution is -2.20. The molecule has 0 aliphatic carbocycles. The van der Waals surface area contributed by atoms with Crippen molar-refractivity contribution in [1.82, 2.24) is 20.3 Å². The van der Waals surface area contributed by atoms with E-state index in [-0.39, 0.29) is 5.91 Å². The second-order valence-electron chi connectivity index (χ2n) is 5.76. The van der Waals surface area contributed by atoms with Crippen molar-refractivity contribution < 1.29 is 4.79 Å². The predicted molar refractivity (Wildman–Crippen MR) is 99.0 cm³/mol. The molecule has 0 aliphatic rings. The van der Waals surface area contributed by atoms with Crippen LogP contribution in [0.1, 0.15) is 11.3 Å². The summed E-state index contributed by atoms with van der Waals surface area (Å²) in [6.07, 6.45) is 6.51. The Hall–Kier alpha value is -3.28. The molecule has 3 aromatic rings. The van der Waals surface area contributed by atoms with Crippen LogP contribution in [0.5, 0.6) is 0 Å². The number of hydrogen-bond donors (Lipinski definition) is 1. The second-order valence-corrected chi connectivity index (χ2v) is 5.76. The molecule has 0 aliphatic heterocycles. The molecule has 6 heteroatoms. The Kier molecular flexibility index (Phi) is 4.99. The van der Waals surface area contributed by atoms with Gasteiger partial charge in [-0.3, -0.25) is 9.78 Å². The number of fused-ring (bicyclic) bond motifs is 1. The van der Waals surface area contributed by atoms with Crippen molar-refractivity contribution in [2.24, 2.45) is 0 Å². The minimum absolute atomic E-state index is 0.188. The summed E-state index contributed by atoms with van der Waals surface area (Å²) >= 11 is 0. The highest BCUT2D eigenvalue weighted by Crippen LogP contribution is 2.11. The summed E-state index contributed by atoms with van der Waals surface area (Å²) in [6, 6.07) is 11.8. The lowest BCUT2D eigenvalue weighted by atomic mass is 10.2. The first-order chi connectivity index (χ1) is 12.1. The molecule has 0 spiro atoms. The van der Waals surface area contributed by atoms with Crippen molar-refractivity contribution in [2.75, 3.05) is 19.0 Å². The van der Waals surface area contributed by atoms with Crippen molar-refractivity contribution in [3.05, 3.63) is 66.1 Å². The van der Waals surface area contributed by atoms with E-state index in [1.54, 1.807) is 18.5 Å². The molecular formula is C19H19N5O. The maximum absolute atomic E-state index is 12.0. The number of para-hydroxylation sites is 1. The van der Waals surface area contributed by atoms with Gasteiger partial charge in [0.1, 0.15) is 0 Å². The molecule has 2 heterocycles. The third kappa shape index (κ3) is 4.38. The van der Waals surface area contributed by atoms with E-state index in [0.717, 1.165) is 22.2 Å². The number of amides is 1. The Morgan fingerprint density at radius 2 is 1.88 bits per heavy atom. The van der Waals surface area contributed by atoms with Crippen molar-refractivity contribution in [2.45, 2.75) is 6.54 Å². The second kappa shape index (κ2) is 7.53. The van der Waals surface area contributed by atoms with Crippen LogP contribution < -0.4 is 10.2 Å². The zero-order valence-corrected chi connectivity index (χ0v) is 14.2. The van der Waals surface area contributed by atoms with Gasteiger partial charge in [0.2, 0.25) is 11.9 Å². The van der Waals surface area contributed by atoms with Gasteiger partial charge < -0.3 is 10.2 Å². The molecule has 0 bridgehead atoms. The van der Waals surface area contributed by atoms with Crippen LogP contribution in [0.25, 0.3) is 17.0 Å². The third-order valence-electron chi connectivity index (χ3n) is 3.59. The lowest BCUT2D eigenvalue weighted by Gasteiger charge is -2.08. The molecular weight excluding hydrogens is 314 g/mol. The molecule has 1 amide bonds. The molecule has 2 aromatic heterocycles. The maximum Gasteiger partial charge on any atom is 0.244 e. The number of rotatable bonds is 5. The molecule has 126 valence electrons. The quantitative estimate of drug-likeness (QED) is 0.726. The number of nitrogens with zero attached hydrogens (tertiary/aromatic N) is 4. The van der Waals surface area contributed by atoms with E-state index < -0.39 is 0 Å². The van der Waals surface area contributed by atoms with Crippen LogP contribution in [0.2, 0.25) is 0 Å². The van der Waals surface area contributed by atoms with Gasteiger partial charge in [-0.2, -0.15) is 0 Å². The van der Waals surface area contributed by atoms with Crippen LogP contribution in [0.3, 0.4) is 0 Å². The van der Waals surface area contributed by atoms with Crippen LogP contribution in [-0.2, 0) is 11.3 Å². The molecule has 0 saturated carbocycles. The van der Waals surface area contributed by atoms with Gasteiger partial charge in [-0.05, 0) is 18.2 Å². The van der Waals surface area contributed by atoms with Gasteiger partial charge in [0, 0.05) is 43.5 Å². The molecule has 0 saturated heterocycles. The van der Waals surface area contributed by atoms with Crippen molar-refractivity contribution >= 4 is 28.8 Å². The number of hydrogen-bond acceptors (Lipinski definition) is 5. The van der Waals surface area contributed by atoms with Crippen LogP contribution in [0, 0.1) is 0 Å². The first kappa shape index (κ1) is 16.6. The molecule has 3 rings (SSSR count). The van der Waals surface area contributed by atoms with Gasteiger partial charge in [-0.1, -0.05) is 24.3 Å². The summed E-state index contributed by atoms with van der Waals surface area (Å²) in [7, 11) is 3.75. The van der Waals surface area contributed by atoms with E-state index in [4.69, 9.17) is 0 Å². The fraction of sp³-hybridized carbons (Fsp3) is 0.158. The van der Waals surface area contributed by atoms with Crippen molar-refractivity contribution in [1.29, 1.82) is 0 Å². The number of pyridine rings is 1. The average molecular weight is 333 g/mol. The summed E-state index contributed by atoms with van der Waals surface area (Å²) in [5, 5.41) is 3.91. The van der Waals surface area contributed by atoms with E-state index in [2.05, 4.69) is 20.3 Å². The smallest absolute Gasteiger partial charge is 0.244 e. The van der Waals surface area contributed by atoms with E-state index in [9.17, 15) is 4.79 Å². The van der Waals surface area contributed by atoms with Crippen LogP contribution in [0.15, 0.2) is 54.9 Å². The number of nitrogens with one attached hydrogen (secondary N) is 1. The van der Waals surface area contributed by atoms with Crippen LogP contribution in [0.4, 0.5) is 5.95 Å². The third-order valence-corrected chi connectivity index (χ3v) is 3.59. The fourth-order valence-electron chi connectivity index (χ4n) is 2.26. The SMILES string of the molecule is CN(C)c1ncc(/C=C/C(=O)NCc2ccc3ccccc3n2)cn1. The van der Waals surface area contributed by atoms with E-state index >= 15 is 0 Å². The highest BCUT2D eigenvalue weighted by Gasteiger charge is 2.01. The maximum atomic E-state index is 12.0. The standard InChI is InChI=1S/C19H19N5O/c1-24(2)19-21-11-14(12-22-19)7-10-18(25)20-13-16-9-8-15-5-3-4-6-17(15)23-16/h3-12H,13H2,1-2H3,(H,20,25)/b10-7+. The Labute approximate surface area is 146 Å². The summed E-state index contributed by atoms with van der Waals surface area (Å²) in [5.41, 5.74) is 2.51. The first-order valence-electron chi connectivity index (χ1n) is 7.92. The van der Waals surface area contributed by atoms with Gasteiger partial charge in [-0.25, -0.2) is 9.97 Å². The highest BCUT2D eigenvalue weighted by molar-refractivity contribution is 5.91. The van der Waals surface area contributed by atoms with Gasteiger partial charge in [-0.15, -0.1) is 0 Å². The summed E-state index contributed by atoms with van der Waals surface area (Å²) in [4.78, 5) is 26.7. The van der Waals surface area contributed by atoms with Crippen LogP contribution >= 0.6 is 0 Å². The molecule has 0 radical (unpaired) electrons. The topological polar surface area (TPSA) is 71.0 Å². The van der Waals surface area contributed by atoms with Gasteiger partial charge in [0.25, 0.3) is 0 Å². The van der Waals surface area contributed by atoms with Gasteiger partial charge in [0.05, 0.1) is 17.8 Å². The monoisotopic (exact) mass is 333 g/mol. The molecule has 25 heavy (non-hydrogen) atoms. The number of benzene rings is 1. The minimum atomic E-state index is -0.188. The molecule has 1 aromatic carbocycles. The zero-order valence-electron chi connectivity index (χ0n) is 14.2. The number of carbonyl (C=O) groups is 1. The van der Waals surface area contributed by atoms with E-state index in [1.807, 2.05) is 55.4 Å². The molecule has 0 fully saturated rings. The van der Waals surface area contributed by atoms with Gasteiger partial charge >= 0.3 is 0 Å². The molecule has 6 nitrogen and oxygen atoms in total. The molecule has 1 N–H and O–H groups in total. The summed E-state index contributed by atoms with van der Waals surface area (Å²) in [5.74, 6) is 0.440. The number of anilines is 1. The first-order valence-corrected chi connectivity index (χ1v) is 7.92.